The molecule has 5 nitrogen and oxygen atoms in total. The molecule has 0 bridgehead atoms. The second kappa shape index (κ2) is 4.01. The van der Waals surface area contributed by atoms with Gasteiger partial charge in [-0.05, 0) is 30.5 Å². The summed E-state index contributed by atoms with van der Waals surface area (Å²) < 4.78 is 0. The molecule has 1 aromatic carbocycles. The van der Waals surface area contributed by atoms with Gasteiger partial charge in [0, 0.05) is 24.2 Å². The number of aromatic nitrogens is 2. The van der Waals surface area contributed by atoms with Crippen LogP contribution in [0.15, 0.2) is 18.2 Å². The van der Waals surface area contributed by atoms with Crippen LogP contribution < -0.4 is 5.73 Å². The number of benzene rings is 1. The number of H-pyrrole nitrogens is 1. The Hall–Kier alpha value is -2.04. The monoisotopic (exact) mass is 244 g/mol. The van der Waals surface area contributed by atoms with Crippen molar-refractivity contribution in [3.8, 4) is 0 Å². The number of carbonyl (C=O) groups is 1. The number of nitrogen functional groups attached to an aromatic ring is 1. The Labute approximate surface area is 105 Å². The van der Waals surface area contributed by atoms with E-state index in [2.05, 4.69) is 17.1 Å². The van der Waals surface area contributed by atoms with E-state index in [0.29, 0.717) is 17.3 Å². The zero-order chi connectivity index (χ0) is 12.7. The van der Waals surface area contributed by atoms with Gasteiger partial charge in [0.05, 0.1) is 5.52 Å². The van der Waals surface area contributed by atoms with Gasteiger partial charge in [-0.15, -0.1) is 0 Å². The predicted molar refractivity (Wildman–Crippen MR) is 70.2 cm³/mol. The number of aromatic amines is 1. The maximum atomic E-state index is 12.4. The predicted octanol–water partition coefficient (Wildman–Crippen LogP) is 1.63. The first-order chi connectivity index (χ1) is 8.65. The highest BCUT2D eigenvalue weighted by Gasteiger charge is 2.26. The molecule has 3 N–H and O–H groups in total. The summed E-state index contributed by atoms with van der Waals surface area (Å²) in [6.45, 7) is 3.79. The van der Waals surface area contributed by atoms with Crippen LogP contribution in [0.4, 0.5) is 5.69 Å². The van der Waals surface area contributed by atoms with E-state index in [4.69, 9.17) is 5.73 Å². The zero-order valence-electron chi connectivity index (χ0n) is 10.3. The van der Waals surface area contributed by atoms with Crippen molar-refractivity contribution in [3.63, 3.8) is 0 Å². The van der Waals surface area contributed by atoms with E-state index in [1.54, 1.807) is 12.1 Å². The zero-order valence-corrected chi connectivity index (χ0v) is 10.3. The van der Waals surface area contributed by atoms with Crippen LogP contribution in [0.3, 0.4) is 0 Å². The van der Waals surface area contributed by atoms with Gasteiger partial charge in [0.15, 0.2) is 5.69 Å². The molecule has 1 saturated heterocycles. The van der Waals surface area contributed by atoms with E-state index in [9.17, 15) is 4.79 Å². The first-order valence-electron chi connectivity index (χ1n) is 6.18. The van der Waals surface area contributed by atoms with Gasteiger partial charge in [0.2, 0.25) is 0 Å². The third-order valence-electron chi connectivity index (χ3n) is 3.50. The third-order valence-corrected chi connectivity index (χ3v) is 3.50. The largest absolute Gasteiger partial charge is 0.399 e. The van der Waals surface area contributed by atoms with Gasteiger partial charge in [-0.25, -0.2) is 0 Å². The molecule has 1 atom stereocenters. The standard InChI is InChI=1S/C13H16N4O/c1-8-4-5-17(7-8)13(18)12-10-6-9(14)2-3-11(10)15-16-12/h2-3,6,8H,4-5,7,14H2,1H3,(H,15,16). The van der Waals surface area contributed by atoms with Crippen LogP contribution >= 0.6 is 0 Å². The van der Waals surface area contributed by atoms with Crippen molar-refractivity contribution in [2.24, 2.45) is 5.92 Å². The highest BCUT2D eigenvalue weighted by atomic mass is 16.2. The molecule has 1 amide bonds. The molecule has 94 valence electrons. The van der Waals surface area contributed by atoms with E-state index in [0.717, 1.165) is 30.4 Å². The molecule has 1 aliphatic rings. The topological polar surface area (TPSA) is 75.0 Å². The third kappa shape index (κ3) is 1.72. The highest BCUT2D eigenvalue weighted by molar-refractivity contribution is 6.05. The lowest BCUT2D eigenvalue weighted by molar-refractivity contribution is 0.0784. The van der Waals surface area contributed by atoms with Crippen molar-refractivity contribution in [2.75, 3.05) is 18.8 Å². The number of hydrogen-bond acceptors (Lipinski definition) is 3. The second-order valence-electron chi connectivity index (χ2n) is 5.02. The van der Waals surface area contributed by atoms with Crippen LogP contribution in [-0.4, -0.2) is 34.1 Å². The van der Waals surface area contributed by atoms with Crippen LogP contribution in [-0.2, 0) is 0 Å². The number of anilines is 1. The maximum Gasteiger partial charge on any atom is 0.275 e. The van der Waals surface area contributed by atoms with Gasteiger partial charge < -0.3 is 10.6 Å². The van der Waals surface area contributed by atoms with Gasteiger partial charge in [-0.1, -0.05) is 6.92 Å². The number of amides is 1. The Morgan fingerprint density at radius 3 is 3.11 bits per heavy atom. The van der Waals surface area contributed by atoms with Gasteiger partial charge in [-0.2, -0.15) is 5.10 Å². The van der Waals surface area contributed by atoms with Crippen molar-refractivity contribution in [3.05, 3.63) is 23.9 Å². The average Bonchev–Trinajstić information content (AvgIpc) is 2.94. The fraction of sp³-hybridized carbons (Fsp3) is 0.385. The number of nitrogens with zero attached hydrogens (tertiary/aromatic N) is 2. The summed E-state index contributed by atoms with van der Waals surface area (Å²) in [4.78, 5) is 14.2. The fourth-order valence-corrected chi connectivity index (χ4v) is 2.46. The Morgan fingerprint density at radius 2 is 2.39 bits per heavy atom. The molecular formula is C13H16N4O. The van der Waals surface area contributed by atoms with Crippen LogP contribution in [0.2, 0.25) is 0 Å². The van der Waals surface area contributed by atoms with Crippen molar-refractivity contribution >= 4 is 22.5 Å². The summed E-state index contributed by atoms with van der Waals surface area (Å²) in [5.41, 5.74) is 7.73. The molecule has 5 heteroatoms. The van der Waals surface area contributed by atoms with E-state index in [1.165, 1.54) is 0 Å². The molecule has 1 fully saturated rings. The van der Waals surface area contributed by atoms with Gasteiger partial charge in [0.25, 0.3) is 5.91 Å². The van der Waals surface area contributed by atoms with Crippen molar-refractivity contribution in [1.29, 1.82) is 0 Å². The first kappa shape index (κ1) is 11.1. The smallest absolute Gasteiger partial charge is 0.275 e. The molecule has 0 spiro atoms. The number of nitrogens with two attached hydrogens (primary N) is 1. The summed E-state index contributed by atoms with van der Waals surface area (Å²) in [6, 6.07) is 5.44. The van der Waals surface area contributed by atoms with Crippen molar-refractivity contribution in [1.82, 2.24) is 15.1 Å². The normalized spacial score (nSPS) is 19.6. The molecular weight excluding hydrogens is 228 g/mol. The fourth-order valence-electron chi connectivity index (χ4n) is 2.46. The maximum absolute atomic E-state index is 12.4. The van der Waals surface area contributed by atoms with Crippen molar-refractivity contribution in [2.45, 2.75) is 13.3 Å². The molecule has 3 rings (SSSR count). The Bertz CT molecular complexity index is 604. The molecule has 18 heavy (non-hydrogen) atoms. The molecule has 0 aliphatic carbocycles. The minimum atomic E-state index is -0.00352. The number of rotatable bonds is 1. The van der Waals surface area contributed by atoms with E-state index in [1.807, 2.05) is 11.0 Å². The van der Waals surface area contributed by atoms with Gasteiger partial charge >= 0.3 is 0 Å². The summed E-state index contributed by atoms with van der Waals surface area (Å²) in [5.74, 6) is 0.570. The van der Waals surface area contributed by atoms with E-state index >= 15 is 0 Å². The molecule has 0 saturated carbocycles. The van der Waals surface area contributed by atoms with Crippen LogP contribution in [0.25, 0.3) is 10.9 Å². The lowest BCUT2D eigenvalue weighted by Gasteiger charge is -2.14. The van der Waals surface area contributed by atoms with Crippen molar-refractivity contribution < 1.29 is 4.79 Å². The van der Waals surface area contributed by atoms with Crippen LogP contribution in [0.5, 0.6) is 0 Å². The molecule has 2 aromatic rings. The van der Waals surface area contributed by atoms with E-state index in [-0.39, 0.29) is 5.91 Å². The Morgan fingerprint density at radius 1 is 1.56 bits per heavy atom. The van der Waals surface area contributed by atoms with Crippen LogP contribution in [0, 0.1) is 5.92 Å². The Balaban J connectivity index is 1.99. The molecule has 0 radical (unpaired) electrons. The van der Waals surface area contributed by atoms with Crippen LogP contribution in [0.1, 0.15) is 23.8 Å². The number of carbonyl (C=O) groups excluding carboxylic acids is 1. The summed E-state index contributed by atoms with van der Waals surface area (Å²) in [7, 11) is 0. The first-order valence-corrected chi connectivity index (χ1v) is 6.18. The van der Waals surface area contributed by atoms with E-state index < -0.39 is 0 Å². The minimum Gasteiger partial charge on any atom is -0.399 e. The molecule has 1 unspecified atom stereocenters. The van der Waals surface area contributed by atoms with Gasteiger partial charge in [0.1, 0.15) is 0 Å². The Kier molecular flexibility index (Phi) is 2.47. The average molecular weight is 244 g/mol. The summed E-state index contributed by atoms with van der Waals surface area (Å²) in [6.07, 6.45) is 1.07. The summed E-state index contributed by atoms with van der Waals surface area (Å²) >= 11 is 0. The molecule has 2 heterocycles. The lowest BCUT2D eigenvalue weighted by atomic mass is 10.1. The highest BCUT2D eigenvalue weighted by Crippen LogP contribution is 2.23. The van der Waals surface area contributed by atoms with Gasteiger partial charge in [-0.3, -0.25) is 9.89 Å². The number of nitrogens with one attached hydrogen (secondary N) is 1. The summed E-state index contributed by atoms with van der Waals surface area (Å²) in [5, 5.41) is 7.82. The lowest BCUT2D eigenvalue weighted by Crippen LogP contribution is -2.28. The number of hydrogen-bond donors (Lipinski definition) is 2. The molecule has 1 aliphatic heterocycles. The second-order valence-corrected chi connectivity index (χ2v) is 5.02. The minimum absolute atomic E-state index is 0.00352. The molecule has 1 aromatic heterocycles. The quantitative estimate of drug-likeness (QED) is 0.749. The number of likely N-dealkylation sites (tertiary alicyclic amines) is 1. The SMILES string of the molecule is CC1CCN(C(=O)c2n[nH]c3ccc(N)cc23)C1. The number of fused-ring (bicyclic) bond motifs is 1.